The summed E-state index contributed by atoms with van der Waals surface area (Å²) in [5.41, 5.74) is 0.450. The van der Waals surface area contributed by atoms with Crippen molar-refractivity contribution in [1.29, 1.82) is 0 Å². The molecule has 0 radical (unpaired) electrons. The Kier molecular flexibility index (Phi) is 3.92. The largest absolute Gasteiger partial charge is 0.363 e. The van der Waals surface area contributed by atoms with E-state index < -0.39 is 0 Å². The molecule has 4 heteroatoms. The van der Waals surface area contributed by atoms with Gasteiger partial charge >= 0.3 is 0 Å². The van der Waals surface area contributed by atoms with Crippen LogP contribution >= 0.6 is 0 Å². The lowest BCUT2D eigenvalue weighted by Gasteiger charge is -2.41. The van der Waals surface area contributed by atoms with Crippen LogP contribution in [0.15, 0.2) is 18.2 Å². The molecule has 2 nitrogen and oxygen atoms in total. The molecule has 2 aliphatic rings. The molecular formula is C16H22F2N2. The number of hydrogen-bond donors (Lipinski definition) is 1. The number of benzene rings is 1. The van der Waals surface area contributed by atoms with Gasteiger partial charge in [0, 0.05) is 24.2 Å². The first-order valence-corrected chi connectivity index (χ1v) is 7.65. The second-order valence-electron chi connectivity index (χ2n) is 6.01. The van der Waals surface area contributed by atoms with E-state index in [1.165, 1.54) is 18.2 Å². The highest BCUT2D eigenvalue weighted by molar-refractivity contribution is 5.52. The van der Waals surface area contributed by atoms with Gasteiger partial charge in [0.1, 0.15) is 11.6 Å². The summed E-state index contributed by atoms with van der Waals surface area (Å²) < 4.78 is 27.4. The Morgan fingerprint density at radius 2 is 1.90 bits per heavy atom. The van der Waals surface area contributed by atoms with E-state index in [-0.39, 0.29) is 11.6 Å². The van der Waals surface area contributed by atoms with Crippen molar-refractivity contribution in [2.75, 3.05) is 11.4 Å². The molecule has 2 unspecified atom stereocenters. The summed E-state index contributed by atoms with van der Waals surface area (Å²) in [5, 5.41) is 3.58. The van der Waals surface area contributed by atoms with Gasteiger partial charge in [0.25, 0.3) is 0 Å². The zero-order valence-electron chi connectivity index (χ0n) is 11.9. The highest BCUT2D eigenvalue weighted by Crippen LogP contribution is 2.40. The van der Waals surface area contributed by atoms with E-state index >= 15 is 0 Å². The Bertz CT molecular complexity index is 464. The predicted molar refractivity (Wildman–Crippen MR) is 77.0 cm³/mol. The maximum absolute atomic E-state index is 14.0. The number of hydrogen-bond acceptors (Lipinski definition) is 2. The summed E-state index contributed by atoms with van der Waals surface area (Å²) in [6.07, 6.45) is 5.38. The highest BCUT2D eigenvalue weighted by atomic mass is 19.1. The summed E-state index contributed by atoms with van der Waals surface area (Å²) in [6.45, 7) is 3.21. The van der Waals surface area contributed by atoms with Gasteiger partial charge < -0.3 is 10.2 Å². The number of rotatable bonds is 4. The molecule has 1 aromatic carbocycles. The monoisotopic (exact) mass is 280 g/mol. The summed E-state index contributed by atoms with van der Waals surface area (Å²) in [4.78, 5) is 2.13. The molecule has 1 aromatic rings. The second-order valence-corrected chi connectivity index (χ2v) is 6.01. The number of nitrogens with one attached hydrogen (secondary N) is 1. The van der Waals surface area contributed by atoms with Gasteiger partial charge in [-0.1, -0.05) is 6.92 Å². The maximum atomic E-state index is 14.0. The Labute approximate surface area is 119 Å². The molecule has 0 aromatic heterocycles. The Balaban J connectivity index is 1.78. The van der Waals surface area contributed by atoms with Gasteiger partial charge in [-0.15, -0.1) is 0 Å². The van der Waals surface area contributed by atoms with E-state index in [2.05, 4.69) is 17.1 Å². The molecule has 2 bridgehead atoms. The lowest BCUT2D eigenvalue weighted by atomic mass is 9.96. The van der Waals surface area contributed by atoms with Crippen molar-refractivity contribution in [1.82, 2.24) is 5.32 Å². The van der Waals surface area contributed by atoms with Crippen LogP contribution in [0.25, 0.3) is 0 Å². The third kappa shape index (κ3) is 2.53. The van der Waals surface area contributed by atoms with E-state index in [1.54, 1.807) is 0 Å². The topological polar surface area (TPSA) is 15.3 Å². The zero-order chi connectivity index (χ0) is 14.1. The molecule has 0 spiro atoms. The van der Waals surface area contributed by atoms with E-state index in [4.69, 9.17) is 0 Å². The number of nitrogens with zero attached hydrogens (tertiary/aromatic N) is 1. The third-order valence-corrected chi connectivity index (χ3v) is 4.60. The van der Waals surface area contributed by atoms with Crippen LogP contribution in [0.3, 0.4) is 0 Å². The van der Waals surface area contributed by atoms with Crippen LogP contribution in [0.1, 0.15) is 39.0 Å². The molecule has 0 saturated carbocycles. The van der Waals surface area contributed by atoms with Crippen LogP contribution in [-0.2, 0) is 0 Å². The fourth-order valence-electron chi connectivity index (χ4n) is 3.77. The van der Waals surface area contributed by atoms with Gasteiger partial charge in [-0.2, -0.15) is 0 Å². The van der Waals surface area contributed by atoms with Crippen LogP contribution < -0.4 is 10.2 Å². The Hall–Kier alpha value is -1.16. The van der Waals surface area contributed by atoms with E-state index in [0.717, 1.165) is 38.6 Å². The van der Waals surface area contributed by atoms with Gasteiger partial charge in [-0.3, -0.25) is 0 Å². The van der Waals surface area contributed by atoms with Gasteiger partial charge in [0.05, 0.1) is 5.69 Å². The van der Waals surface area contributed by atoms with Crippen LogP contribution in [-0.4, -0.2) is 24.7 Å². The normalized spacial score (nSPS) is 28.9. The number of halogens is 2. The standard InChI is InChI=1S/C16H22F2N2/c1-2-7-19-12-9-13-4-5-14(10-12)20(13)16-8-11(17)3-6-15(16)18/h3,6,8,12-14,19H,2,4-5,7,9-10H2,1H3. The van der Waals surface area contributed by atoms with Gasteiger partial charge in [-0.25, -0.2) is 8.78 Å². The summed E-state index contributed by atoms with van der Waals surface area (Å²) in [7, 11) is 0. The minimum absolute atomic E-state index is 0.303. The van der Waals surface area contributed by atoms with E-state index in [1.807, 2.05) is 0 Å². The quantitative estimate of drug-likeness (QED) is 0.908. The highest BCUT2D eigenvalue weighted by Gasteiger charge is 2.41. The lowest BCUT2D eigenvalue weighted by Crippen LogP contribution is -2.49. The molecular weight excluding hydrogens is 258 g/mol. The minimum atomic E-state index is -0.355. The van der Waals surface area contributed by atoms with Crippen LogP contribution in [0.5, 0.6) is 0 Å². The predicted octanol–water partition coefficient (Wildman–Crippen LogP) is 3.46. The lowest BCUT2D eigenvalue weighted by molar-refractivity contribution is 0.354. The van der Waals surface area contributed by atoms with Crippen molar-refractivity contribution >= 4 is 5.69 Å². The Morgan fingerprint density at radius 3 is 2.55 bits per heavy atom. The zero-order valence-corrected chi connectivity index (χ0v) is 11.9. The van der Waals surface area contributed by atoms with Crippen molar-refractivity contribution < 1.29 is 8.78 Å². The fraction of sp³-hybridized carbons (Fsp3) is 0.625. The number of fused-ring (bicyclic) bond motifs is 2. The van der Waals surface area contributed by atoms with Crippen molar-refractivity contribution in [3.8, 4) is 0 Å². The molecule has 20 heavy (non-hydrogen) atoms. The van der Waals surface area contributed by atoms with E-state index in [0.29, 0.717) is 23.8 Å². The van der Waals surface area contributed by atoms with Gasteiger partial charge in [-0.05, 0) is 50.8 Å². The van der Waals surface area contributed by atoms with Crippen LogP contribution in [0.4, 0.5) is 14.5 Å². The summed E-state index contributed by atoms with van der Waals surface area (Å²) in [5.74, 6) is -0.657. The fourth-order valence-corrected chi connectivity index (χ4v) is 3.77. The molecule has 1 N–H and O–H groups in total. The average molecular weight is 280 g/mol. The SMILES string of the molecule is CCCNC1CC2CCC(C1)N2c1cc(F)ccc1F. The average Bonchev–Trinajstić information content (AvgIpc) is 2.70. The molecule has 3 rings (SSSR count). The first kappa shape index (κ1) is 13.8. The molecule has 110 valence electrons. The van der Waals surface area contributed by atoms with E-state index in [9.17, 15) is 8.78 Å². The smallest absolute Gasteiger partial charge is 0.146 e. The maximum Gasteiger partial charge on any atom is 0.146 e. The first-order chi connectivity index (χ1) is 9.69. The molecule has 2 heterocycles. The summed E-state index contributed by atoms with van der Waals surface area (Å²) in [6, 6.07) is 5.00. The van der Waals surface area contributed by atoms with Gasteiger partial charge in [0.2, 0.25) is 0 Å². The molecule has 0 aliphatic carbocycles. The van der Waals surface area contributed by atoms with Gasteiger partial charge in [0.15, 0.2) is 0 Å². The van der Waals surface area contributed by atoms with Crippen molar-refractivity contribution in [3.63, 3.8) is 0 Å². The van der Waals surface area contributed by atoms with Crippen molar-refractivity contribution in [3.05, 3.63) is 29.8 Å². The molecule has 2 saturated heterocycles. The number of anilines is 1. The van der Waals surface area contributed by atoms with Crippen molar-refractivity contribution in [2.45, 2.75) is 57.2 Å². The molecule has 2 fully saturated rings. The number of piperidine rings is 1. The summed E-state index contributed by atoms with van der Waals surface area (Å²) >= 11 is 0. The molecule has 2 aliphatic heterocycles. The van der Waals surface area contributed by atoms with Crippen LogP contribution in [0.2, 0.25) is 0 Å². The Morgan fingerprint density at radius 1 is 1.20 bits per heavy atom. The molecule has 2 atom stereocenters. The molecule has 0 amide bonds. The minimum Gasteiger partial charge on any atom is -0.363 e. The first-order valence-electron chi connectivity index (χ1n) is 7.65. The third-order valence-electron chi connectivity index (χ3n) is 4.60. The second kappa shape index (κ2) is 5.68. The van der Waals surface area contributed by atoms with Crippen molar-refractivity contribution in [2.24, 2.45) is 0 Å². The van der Waals surface area contributed by atoms with Crippen LogP contribution in [0, 0.1) is 11.6 Å².